The van der Waals surface area contributed by atoms with Crippen molar-refractivity contribution in [3.05, 3.63) is 16.0 Å². The number of carboxylic acid groups (broad SMARTS) is 1. The molecule has 1 aromatic rings. The molecule has 1 aliphatic heterocycles. The lowest BCUT2D eigenvalue weighted by atomic mass is 9.99. The van der Waals surface area contributed by atoms with Gasteiger partial charge in [0.05, 0.1) is 10.3 Å². The fourth-order valence-corrected chi connectivity index (χ4v) is 5.36. The zero-order valence-electron chi connectivity index (χ0n) is 10.3. The second kappa shape index (κ2) is 5.40. The van der Waals surface area contributed by atoms with Crippen LogP contribution in [-0.4, -0.2) is 36.9 Å². The van der Waals surface area contributed by atoms with Crippen LogP contribution in [0.2, 0.25) is 4.34 Å². The molecule has 0 aromatic carbocycles. The number of hydrogen-bond acceptors (Lipinski definition) is 4. The number of rotatable bonds is 3. The van der Waals surface area contributed by atoms with Crippen molar-refractivity contribution in [1.29, 1.82) is 0 Å². The number of sulfonamides is 1. The molecule has 0 atom stereocenters. The van der Waals surface area contributed by atoms with Crippen LogP contribution in [0.5, 0.6) is 0 Å². The summed E-state index contributed by atoms with van der Waals surface area (Å²) in [5.41, 5.74) is 0.741. The van der Waals surface area contributed by atoms with Gasteiger partial charge in [-0.25, -0.2) is 8.42 Å². The van der Waals surface area contributed by atoms with Crippen LogP contribution < -0.4 is 0 Å². The number of carbonyl (C=O) groups is 1. The minimum atomic E-state index is -3.54. The zero-order chi connectivity index (χ0) is 14.2. The molecule has 1 aromatic heterocycles. The summed E-state index contributed by atoms with van der Waals surface area (Å²) >= 11 is 6.94. The first kappa shape index (κ1) is 14.8. The third-order valence-electron chi connectivity index (χ3n) is 3.23. The molecule has 1 N–H and O–H groups in total. The predicted octanol–water partition coefficient (Wildman–Crippen LogP) is 2.20. The van der Waals surface area contributed by atoms with Gasteiger partial charge in [-0.05, 0) is 31.4 Å². The van der Waals surface area contributed by atoms with Crippen LogP contribution in [0.15, 0.2) is 10.3 Å². The molecule has 106 valence electrons. The Morgan fingerprint density at radius 3 is 2.47 bits per heavy atom. The first-order valence-corrected chi connectivity index (χ1v) is 8.44. The molecule has 1 saturated heterocycles. The summed E-state index contributed by atoms with van der Waals surface area (Å²) in [7, 11) is -3.54. The third kappa shape index (κ3) is 2.94. The number of halogens is 1. The van der Waals surface area contributed by atoms with Gasteiger partial charge < -0.3 is 5.11 Å². The SMILES string of the molecule is Cc1cc(S(=O)(=O)N2CCC(C(=O)O)CC2)sc1Cl. The fourth-order valence-electron chi connectivity index (χ4n) is 2.03. The van der Waals surface area contributed by atoms with Crippen molar-refractivity contribution >= 4 is 38.9 Å². The van der Waals surface area contributed by atoms with Crippen molar-refractivity contribution in [2.45, 2.75) is 24.0 Å². The maximum atomic E-state index is 12.4. The summed E-state index contributed by atoms with van der Waals surface area (Å²) in [6, 6.07) is 1.56. The van der Waals surface area contributed by atoms with E-state index in [2.05, 4.69) is 0 Å². The van der Waals surface area contributed by atoms with E-state index in [4.69, 9.17) is 16.7 Å². The van der Waals surface area contributed by atoms with Gasteiger partial charge in [0, 0.05) is 13.1 Å². The van der Waals surface area contributed by atoms with Gasteiger partial charge in [0.1, 0.15) is 4.21 Å². The summed E-state index contributed by atoms with van der Waals surface area (Å²) in [6.07, 6.45) is 0.708. The van der Waals surface area contributed by atoms with E-state index in [1.165, 1.54) is 4.31 Å². The molecule has 1 aliphatic rings. The van der Waals surface area contributed by atoms with Crippen LogP contribution in [0.4, 0.5) is 0 Å². The highest BCUT2D eigenvalue weighted by molar-refractivity contribution is 7.91. The Bertz CT molecular complexity index is 568. The quantitative estimate of drug-likeness (QED) is 0.925. The van der Waals surface area contributed by atoms with Gasteiger partial charge in [0.15, 0.2) is 0 Å². The molecular formula is C11H14ClNO4S2. The molecule has 2 heterocycles. The number of carboxylic acids is 1. The lowest BCUT2D eigenvalue weighted by Gasteiger charge is -2.28. The molecule has 0 amide bonds. The molecule has 0 spiro atoms. The smallest absolute Gasteiger partial charge is 0.306 e. The van der Waals surface area contributed by atoms with E-state index in [-0.39, 0.29) is 17.3 Å². The summed E-state index contributed by atoms with van der Waals surface area (Å²) in [6.45, 7) is 2.25. The molecule has 1 fully saturated rings. The van der Waals surface area contributed by atoms with E-state index in [1.54, 1.807) is 13.0 Å². The van der Waals surface area contributed by atoms with Gasteiger partial charge in [-0.1, -0.05) is 11.6 Å². The van der Waals surface area contributed by atoms with E-state index in [0.29, 0.717) is 17.2 Å². The van der Waals surface area contributed by atoms with Crippen molar-refractivity contribution in [2.24, 2.45) is 5.92 Å². The van der Waals surface area contributed by atoms with Crippen molar-refractivity contribution in [3.8, 4) is 0 Å². The van der Waals surface area contributed by atoms with Crippen LogP contribution in [0.25, 0.3) is 0 Å². The van der Waals surface area contributed by atoms with Crippen LogP contribution in [0, 0.1) is 12.8 Å². The van der Waals surface area contributed by atoms with Crippen molar-refractivity contribution in [2.75, 3.05) is 13.1 Å². The predicted molar refractivity (Wildman–Crippen MR) is 73.2 cm³/mol. The van der Waals surface area contributed by atoms with E-state index in [0.717, 1.165) is 16.9 Å². The molecule has 2 rings (SSSR count). The minimum absolute atomic E-state index is 0.226. The molecular weight excluding hydrogens is 310 g/mol. The number of hydrogen-bond donors (Lipinski definition) is 1. The molecule has 8 heteroatoms. The monoisotopic (exact) mass is 323 g/mol. The fraction of sp³-hybridized carbons (Fsp3) is 0.545. The largest absolute Gasteiger partial charge is 0.481 e. The van der Waals surface area contributed by atoms with Gasteiger partial charge in [0.2, 0.25) is 0 Å². The molecule has 0 unspecified atom stereocenters. The van der Waals surface area contributed by atoms with E-state index >= 15 is 0 Å². The lowest BCUT2D eigenvalue weighted by molar-refractivity contribution is -0.142. The maximum Gasteiger partial charge on any atom is 0.306 e. The average molecular weight is 324 g/mol. The highest BCUT2D eigenvalue weighted by atomic mass is 35.5. The molecule has 0 radical (unpaired) electrons. The zero-order valence-corrected chi connectivity index (χ0v) is 12.7. The molecule has 5 nitrogen and oxygen atoms in total. The molecule has 0 aliphatic carbocycles. The van der Waals surface area contributed by atoms with Crippen LogP contribution in [-0.2, 0) is 14.8 Å². The van der Waals surface area contributed by atoms with Gasteiger partial charge in [-0.2, -0.15) is 4.31 Å². The second-order valence-corrected chi connectivity index (χ2v) is 8.36. The van der Waals surface area contributed by atoms with Gasteiger partial charge >= 0.3 is 5.97 Å². The van der Waals surface area contributed by atoms with Crippen LogP contribution in [0.1, 0.15) is 18.4 Å². The Morgan fingerprint density at radius 1 is 1.47 bits per heavy atom. The Kier molecular flexibility index (Phi) is 4.20. The Balaban J connectivity index is 2.16. The third-order valence-corrected chi connectivity index (χ3v) is 7.13. The summed E-state index contributed by atoms with van der Waals surface area (Å²) in [5, 5.41) is 8.90. The Hall–Kier alpha value is -0.630. The van der Waals surface area contributed by atoms with Crippen LogP contribution >= 0.6 is 22.9 Å². The molecule has 0 saturated carbocycles. The lowest BCUT2D eigenvalue weighted by Crippen LogP contribution is -2.39. The standard InChI is InChI=1S/C11H14ClNO4S2/c1-7-6-9(18-10(7)12)19(16,17)13-4-2-8(3-5-13)11(14)15/h6,8H,2-5H2,1H3,(H,14,15). The highest BCUT2D eigenvalue weighted by Crippen LogP contribution is 2.33. The number of thiophene rings is 1. The average Bonchev–Trinajstić information content (AvgIpc) is 2.70. The summed E-state index contributed by atoms with van der Waals surface area (Å²) in [5.74, 6) is -1.30. The highest BCUT2D eigenvalue weighted by Gasteiger charge is 2.33. The summed E-state index contributed by atoms with van der Waals surface area (Å²) < 4.78 is 26.8. The van der Waals surface area contributed by atoms with Gasteiger partial charge in [-0.15, -0.1) is 11.3 Å². The first-order valence-electron chi connectivity index (χ1n) is 5.81. The Labute approximate surface area is 120 Å². The second-order valence-electron chi connectivity index (χ2n) is 4.54. The number of piperidine rings is 1. The van der Waals surface area contributed by atoms with Crippen LogP contribution in [0.3, 0.4) is 0 Å². The topological polar surface area (TPSA) is 74.7 Å². The van der Waals surface area contributed by atoms with E-state index in [9.17, 15) is 13.2 Å². The van der Waals surface area contributed by atoms with Crippen molar-refractivity contribution in [1.82, 2.24) is 4.31 Å². The minimum Gasteiger partial charge on any atom is -0.481 e. The van der Waals surface area contributed by atoms with E-state index in [1.807, 2.05) is 0 Å². The number of aliphatic carboxylic acids is 1. The van der Waals surface area contributed by atoms with Gasteiger partial charge in [0.25, 0.3) is 10.0 Å². The van der Waals surface area contributed by atoms with Crippen molar-refractivity contribution < 1.29 is 18.3 Å². The number of nitrogens with zero attached hydrogens (tertiary/aromatic N) is 1. The number of aryl methyl sites for hydroxylation is 1. The van der Waals surface area contributed by atoms with Gasteiger partial charge in [-0.3, -0.25) is 4.79 Å². The van der Waals surface area contributed by atoms with E-state index < -0.39 is 21.9 Å². The van der Waals surface area contributed by atoms with Crippen molar-refractivity contribution in [3.63, 3.8) is 0 Å². The Morgan fingerprint density at radius 2 is 2.05 bits per heavy atom. The molecule has 19 heavy (non-hydrogen) atoms. The first-order chi connectivity index (χ1) is 8.82. The molecule has 0 bridgehead atoms. The summed E-state index contributed by atoms with van der Waals surface area (Å²) in [4.78, 5) is 10.8. The maximum absolute atomic E-state index is 12.4. The normalized spacial score (nSPS) is 18.6.